The van der Waals surface area contributed by atoms with Crippen LogP contribution in [0.2, 0.25) is 0 Å². The van der Waals surface area contributed by atoms with Gasteiger partial charge in [0.1, 0.15) is 5.75 Å². The number of Topliss-reactive ketones (excluding diaryl/α,β-unsaturated/α-hetero) is 1. The fourth-order valence-electron chi connectivity index (χ4n) is 2.38. The van der Waals surface area contributed by atoms with Gasteiger partial charge in [-0.25, -0.2) is 0 Å². The van der Waals surface area contributed by atoms with Crippen LogP contribution in [0.4, 0.5) is 0 Å². The van der Waals surface area contributed by atoms with Gasteiger partial charge in [-0.2, -0.15) is 0 Å². The molecule has 0 atom stereocenters. The Morgan fingerprint density at radius 1 is 0.913 bits per heavy atom. The van der Waals surface area contributed by atoms with Gasteiger partial charge in [-0.1, -0.05) is 36.4 Å². The average molecular weight is 306 g/mol. The molecule has 0 saturated carbocycles. The van der Waals surface area contributed by atoms with Gasteiger partial charge in [0.2, 0.25) is 0 Å². The van der Waals surface area contributed by atoms with Crippen LogP contribution in [0.15, 0.2) is 66.7 Å². The minimum atomic E-state index is 0.0455. The van der Waals surface area contributed by atoms with Crippen molar-refractivity contribution < 1.29 is 14.3 Å². The van der Waals surface area contributed by atoms with Gasteiger partial charge in [0.25, 0.3) is 0 Å². The van der Waals surface area contributed by atoms with Crippen molar-refractivity contribution in [2.45, 2.75) is 13.5 Å². The summed E-state index contributed by atoms with van der Waals surface area (Å²) in [7, 11) is 0. The minimum absolute atomic E-state index is 0.0455. The van der Waals surface area contributed by atoms with Crippen LogP contribution in [0, 0.1) is 0 Å². The lowest BCUT2D eigenvalue weighted by molar-refractivity contribution is 0.00508. The van der Waals surface area contributed by atoms with Crippen molar-refractivity contribution in [2.75, 3.05) is 6.79 Å². The zero-order chi connectivity index (χ0) is 16.1. The molecule has 0 N–H and O–H groups in total. The lowest BCUT2D eigenvalue weighted by Gasteiger charge is -2.08. The predicted octanol–water partition coefficient (Wildman–Crippen LogP) is 4.60. The zero-order valence-corrected chi connectivity index (χ0v) is 13.0. The van der Waals surface area contributed by atoms with Gasteiger partial charge in [0.15, 0.2) is 12.6 Å². The molecule has 23 heavy (non-hydrogen) atoms. The largest absolute Gasteiger partial charge is 0.468 e. The van der Waals surface area contributed by atoms with E-state index in [1.165, 1.54) is 10.8 Å². The number of hydrogen-bond donors (Lipinski definition) is 0. The van der Waals surface area contributed by atoms with Crippen LogP contribution in [0.5, 0.6) is 5.75 Å². The summed E-state index contributed by atoms with van der Waals surface area (Å²) in [6.07, 6.45) is 0. The molecule has 0 bridgehead atoms. The quantitative estimate of drug-likeness (QED) is 0.379. The number of ketones is 1. The van der Waals surface area contributed by atoms with E-state index in [0.717, 1.165) is 5.56 Å². The highest BCUT2D eigenvalue weighted by atomic mass is 16.7. The molecule has 0 aliphatic carbocycles. The van der Waals surface area contributed by atoms with E-state index in [1.807, 2.05) is 12.1 Å². The topological polar surface area (TPSA) is 35.5 Å². The molecule has 3 nitrogen and oxygen atoms in total. The molecule has 0 saturated heterocycles. The molecule has 0 heterocycles. The number of ether oxygens (including phenoxy) is 2. The van der Waals surface area contributed by atoms with Crippen molar-refractivity contribution in [2.24, 2.45) is 0 Å². The Hall–Kier alpha value is -2.65. The van der Waals surface area contributed by atoms with Crippen LogP contribution >= 0.6 is 0 Å². The minimum Gasteiger partial charge on any atom is -0.468 e. The second-order valence-electron chi connectivity index (χ2n) is 5.37. The Balaban J connectivity index is 1.51. The smallest absolute Gasteiger partial charge is 0.189 e. The van der Waals surface area contributed by atoms with Gasteiger partial charge in [-0.15, -0.1) is 0 Å². The van der Waals surface area contributed by atoms with E-state index in [4.69, 9.17) is 9.47 Å². The second-order valence-corrected chi connectivity index (χ2v) is 5.37. The third-order valence-electron chi connectivity index (χ3n) is 3.65. The van der Waals surface area contributed by atoms with Crippen LogP contribution in [0.25, 0.3) is 10.8 Å². The lowest BCUT2D eigenvalue weighted by Crippen LogP contribution is -2.03. The van der Waals surface area contributed by atoms with Crippen LogP contribution < -0.4 is 4.74 Å². The number of carbonyl (C=O) groups excluding carboxylic acids is 1. The van der Waals surface area contributed by atoms with Crippen LogP contribution in [0.1, 0.15) is 22.8 Å². The summed E-state index contributed by atoms with van der Waals surface area (Å²) in [4.78, 5) is 11.2. The molecule has 3 heteroatoms. The Kier molecular flexibility index (Phi) is 4.69. The van der Waals surface area contributed by atoms with E-state index >= 15 is 0 Å². The van der Waals surface area contributed by atoms with Gasteiger partial charge in [-0.05, 0) is 53.6 Å². The fraction of sp³-hybridized carbons (Fsp3) is 0.150. The molecule has 0 radical (unpaired) electrons. The SMILES string of the molecule is CC(=O)c1ccc(OCOCc2ccc3ccccc3c2)cc1. The highest BCUT2D eigenvalue weighted by Crippen LogP contribution is 2.16. The molecule has 0 aliphatic heterocycles. The third-order valence-corrected chi connectivity index (χ3v) is 3.65. The molecule has 116 valence electrons. The Labute approximate surface area is 135 Å². The Morgan fingerprint density at radius 3 is 2.39 bits per heavy atom. The first-order chi connectivity index (χ1) is 11.2. The lowest BCUT2D eigenvalue weighted by atomic mass is 10.1. The number of fused-ring (bicyclic) bond motifs is 1. The Morgan fingerprint density at radius 2 is 1.65 bits per heavy atom. The fourth-order valence-corrected chi connectivity index (χ4v) is 2.38. The van der Waals surface area contributed by atoms with E-state index in [9.17, 15) is 4.79 Å². The van der Waals surface area contributed by atoms with Crippen molar-refractivity contribution in [1.29, 1.82) is 0 Å². The first-order valence-corrected chi connectivity index (χ1v) is 7.51. The highest BCUT2D eigenvalue weighted by Gasteiger charge is 2.00. The molecule has 3 rings (SSSR count). The molecule has 0 aromatic heterocycles. The summed E-state index contributed by atoms with van der Waals surface area (Å²) in [5.41, 5.74) is 1.79. The molecule has 0 aliphatic rings. The van der Waals surface area contributed by atoms with Gasteiger partial charge in [0.05, 0.1) is 6.61 Å². The van der Waals surface area contributed by atoms with E-state index in [2.05, 4.69) is 30.3 Å². The van der Waals surface area contributed by atoms with Crippen molar-refractivity contribution in [3.63, 3.8) is 0 Å². The van der Waals surface area contributed by atoms with E-state index in [-0.39, 0.29) is 12.6 Å². The first-order valence-electron chi connectivity index (χ1n) is 7.51. The molecule has 0 unspecified atom stereocenters. The third kappa shape index (κ3) is 3.96. The van der Waals surface area contributed by atoms with Crippen molar-refractivity contribution in [3.05, 3.63) is 77.9 Å². The van der Waals surface area contributed by atoms with Crippen LogP contribution in [-0.4, -0.2) is 12.6 Å². The number of rotatable bonds is 6. The average Bonchev–Trinajstić information content (AvgIpc) is 2.59. The van der Waals surface area contributed by atoms with Gasteiger partial charge >= 0.3 is 0 Å². The Bertz CT molecular complexity index is 806. The predicted molar refractivity (Wildman–Crippen MR) is 90.7 cm³/mol. The van der Waals surface area contributed by atoms with Crippen LogP contribution in [-0.2, 0) is 11.3 Å². The molecular formula is C20H18O3. The van der Waals surface area contributed by atoms with Crippen LogP contribution in [0.3, 0.4) is 0 Å². The highest BCUT2D eigenvalue weighted by molar-refractivity contribution is 5.94. The van der Waals surface area contributed by atoms with E-state index < -0.39 is 0 Å². The summed E-state index contributed by atoms with van der Waals surface area (Å²) >= 11 is 0. The number of benzene rings is 3. The van der Waals surface area contributed by atoms with Crippen molar-refractivity contribution in [1.82, 2.24) is 0 Å². The summed E-state index contributed by atoms with van der Waals surface area (Å²) in [5, 5.41) is 2.42. The second kappa shape index (κ2) is 7.07. The maximum atomic E-state index is 11.2. The summed E-state index contributed by atoms with van der Waals surface area (Å²) in [6.45, 7) is 2.21. The molecule has 3 aromatic carbocycles. The van der Waals surface area contributed by atoms with Crippen molar-refractivity contribution in [3.8, 4) is 5.75 Å². The van der Waals surface area contributed by atoms with Gasteiger partial charge in [-0.3, -0.25) is 4.79 Å². The number of hydrogen-bond acceptors (Lipinski definition) is 3. The molecule has 0 amide bonds. The van der Waals surface area contributed by atoms with Gasteiger partial charge in [0, 0.05) is 5.56 Å². The standard InChI is InChI=1S/C20H18O3/c1-15(21)17-8-10-20(11-9-17)23-14-22-13-16-6-7-18-4-2-3-5-19(18)12-16/h2-12H,13-14H2,1H3. The number of carbonyl (C=O) groups is 1. The summed E-state index contributed by atoms with van der Waals surface area (Å²) in [6, 6.07) is 21.6. The van der Waals surface area contributed by atoms with Crippen molar-refractivity contribution >= 4 is 16.6 Å². The molecule has 0 fully saturated rings. The maximum absolute atomic E-state index is 11.2. The van der Waals surface area contributed by atoms with E-state index in [1.54, 1.807) is 31.2 Å². The molecule has 0 spiro atoms. The first kappa shape index (κ1) is 15.3. The summed E-state index contributed by atoms with van der Waals surface area (Å²) < 4.78 is 11.1. The molecule has 3 aromatic rings. The monoisotopic (exact) mass is 306 g/mol. The normalized spacial score (nSPS) is 10.7. The zero-order valence-electron chi connectivity index (χ0n) is 13.0. The summed E-state index contributed by atoms with van der Waals surface area (Å²) in [5.74, 6) is 0.734. The van der Waals surface area contributed by atoms with E-state index in [0.29, 0.717) is 17.9 Å². The molecular weight excluding hydrogens is 288 g/mol. The maximum Gasteiger partial charge on any atom is 0.189 e. The van der Waals surface area contributed by atoms with Gasteiger partial charge < -0.3 is 9.47 Å².